The fraction of sp³-hybridized carbons (Fsp3) is 0.286. The van der Waals surface area contributed by atoms with Crippen LogP contribution in [-0.2, 0) is 9.63 Å². The van der Waals surface area contributed by atoms with Gasteiger partial charge in [-0.05, 0) is 19.9 Å². The van der Waals surface area contributed by atoms with Gasteiger partial charge in [0.1, 0.15) is 10.8 Å². The van der Waals surface area contributed by atoms with Gasteiger partial charge in [0.25, 0.3) is 5.91 Å². The third-order valence-electron chi connectivity index (χ3n) is 3.27. The quantitative estimate of drug-likeness (QED) is 0.942. The van der Waals surface area contributed by atoms with Crippen LogP contribution in [0.5, 0.6) is 0 Å². The van der Waals surface area contributed by atoms with Crippen LogP contribution in [0.1, 0.15) is 23.9 Å². The van der Waals surface area contributed by atoms with Crippen LogP contribution in [-0.4, -0.2) is 27.4 Å². The van der Waals surface area contributed by atoms with E-state index in [1.807, 2.05) is 0 Å². The molecule has 1 amide bonds. The summed E-state index contributed by atoms with van der Waals surface area (Å²) in [5, 5.41) is 15.3. The Kier molecular flexibility index (Phi) is 3.61. The first-order valence-corrected chi connectivity index (χ1v) is 7.41. The highest BCUT2D eigenvalue weighted by atomic mass is 32.1. The lowest BCUT2D eigenvalue weighted by atomic mass is 9.95. The number of amides is 1. The lowest BCUT2D eigenvalue weighted by molar-refractivity contribution is -0.135. The van der Waals surface area contributed by atoms with Gasteiger partial charge >= 0.3 is 0 Å². The molecule has 0 bridgehead atoms. The van der Waals surface area contributed by atoms with Gasteiger partial charge in [0.05, 0.1) is 5.71 Å². The van der Waals surface area contributed by atoms with Crippen molar-refractivity contribution in [3.05, 3.63) is 40.7 Å². The minimum atomic E-state index is -1.20. The first kappa shape index (κ1) is 14.6. The number of anilines is 1. The standard InChI is InChI=1S/C14H13FN4O2S/c1-8-17-18-13(22-8)16-12(20)14(2)7-11(19-21-14)9-5-3-4-6-10(9)15/h3-6H,7H2,1-2H3,(H,16,18,20). The molecule has 1 N–H and O–H groups in total. The predicted octanol–water partition coefficient (Wildman–Crippen LogP) is 2.51. The Balaban J connectivity index is 1.74. The zero-order chi connectivity index (χ0) is 15.7. The molecule has 1 aromatic carbocycles. The molecule has 2 heterocycles. The minimum Gasteiger partial charge on any atom is -0.379 e. The number of nitrogens with one attached hydrogen (secondary N) is 1. The molecule has 1 aromatic heterocycles. The van der Waals surface area contributed by atoms with Gasteiger partial charge in [-0.15, -0.1) is 10.2 Å². The Bertz CT molecular complexity index is 761. The van der Waals surface area contributed by atoms with Gasteiger partial charge < -0.3 is 4.84 Å². The second-order valence-corrected chi connectivity index (χ2v) is 6.28. The summed E-state index contributed by atoms with van der Waals surface area (Å²) in [6.45, 7) is 3.40. The molecule has 22 heavy (non-hydrogen) atoms. The highest BCUT2D eigenvalue weighted by molar-refractivity contribution is 7.15. The summed E-state index contributed by atoms with van der Waals surface area (Å²) in [7, 11) is 0. The summed E-state index contributed by atoms with van der Waals surface area (Å²) >= 11 is 1.27. The topological polar surface area (TPSA) is 76.5 Å². The number of oxime groups is 1. The number of halogens is 1. The molecule has 114 valence electrons. The number of carbonyl (C=O) groups excluding carboxylic acids is 1. The van der Waals surface area contributed by atoms with E-state index in [4.69, 9.17) is 4.84 Å². The number of hydrogen-bond acceptors (Lipinski definition) is 6. The molecule has 0 fully saturated rings. The maximum atomic E-state index is 13.8. The number of aryl methyl sites for hydroxylation is 1. The van der Waals surface area contributed by atoms with Crippen molar-refractivity contribution in [2.75, 3.05) is 5.32 Å². The van der Waals surface area contributed by atoms with Gasteiger partial charge in [0.2, 0.25) is 10.7 Å². The Morgan fingerprint density at radius 2 is 2.18 bits per heavy atom. The van der Waals surface area contributed by atoms with Gasteiger partial charge in [-0.2, -0.15) is 0 Å². The van der Waals surface area contributed by atoms with E-state index < -0.39 is 17.3 Å². The summed E-state index contributed by atoms with van der Waals surface area (Å²) in [4.78, 5) is 17.6. The van der Waals surface area contributed by atoms with Crippen LogP contribution < -0.4 is 5.32 Å². The number of benzene rings is 1. The Morgan fingerprint density at radius 3 is 2.86 bits per heavy atom. The molecule has 0 saturated carbocycles. The van der Waals surface area contributed by atoms with Gasteiger partial charge in [-0.25, -0.2) is 4.39 Å². The normalized spacial score (nSPS) is 20.4. The number of rotatable bonds is 3. The highest BCUT2D eigenvalue weighted by Crippen LogP contribution is 2.29. The van der Waals surface area contributed by atoms with Crippen LogP contribution in [0.3, 0.4) is 0 Å². The first-order valence-electron chi connectivity index (χ1n) is 6.59. The summed E-state index contributed by atoms with van der Waals surface area (Å²) < 4.78 is 13.8. The molecule has 0 radical (unpaired) electrons. The van der Waals surface area contributed by atoms with Gasteiger partial charge in [0, 0.05) is 12.0 Å². The molecular weight excluding hydrogens is 307 g/mol. The number of nitrogens with zero attached hydrogens (tertiary/aromatic N) is 3. The van der Waals surface area contributed by atoms with Crippen LogP contribution >= 0.6 is 11.3 Å². The van der Waals surface area contributed by atoms with E-state index in [1.165, 1.54) is 17.4 Å². The van der Waals surface area contributed by atoms with E-state index in [-0.39, 0.29) is 6.42 Å². The van der Waals surface area contributed by atoms with Crippen LogP contribution in [0.2, 0.25) is 0 Å². The predicted molar refractivity (Wildman–Crippen MR) is 80.3 cm³/mol. The van der Waals surface area contributed by atoms with E-state index >= 15 is 0 Å². The van der Waals surface area contributed by atoms with Crippen molar-refractivity contribution in [3.63, 3.8) is 0 Å². The van der Waals surface area contributed by atoms with Crippen molar-refractivity contribution < 1.29 is 14.0 Å². The number of carbonyl (C=O) groups is 1. The summed E-state index contributed by atoms with van der Waals surface area (Å²) in [6, 6.07) is 6.26. The molecule has 8 heteroatoms. The minimum absolute atomic E-state index is 0.178. The average molecular weight is 320 g/mol. The van der Waals surface area contributed by atoms with Crippen molar-refractivity contribution in [1.82, 2.24) is 10.2 Å². The Hall–Kier alpha value is -2.35. The van der Waals surface area contributed by atoms with Crippen molar-refractivity contribution in [1.29, 1.82) is 0 Å². The van der Waals surface area contributed by atoms with E-state index in [2.05, 4.69) is 20.7 Å². The molecule has 1 aliphatic heterocycles. The first-order chi connectivity index (χ1) is 10.5. The fourth-order valence-corrected chi connectivity index (χ4v) is 2.66. The SMILES string of the molecule is Cc1nnc(NC(=O)C2(C)CC(c3ccccc3F)=NO2)s1. The molecule has 1 unspecified atom stereocenters. The maximum Gasteiger partial charge on any atom is 0.273 e. The van der Waals surface area contributed by atoms with Crippen molar-refractivity contribution in [2.45, 2.75) is 25.9 Å². The molecular formula is C14H13FN4O2S. The van der Waals surface area contributed by atoms with Gasteiger partial charge in [0.15, 0.2) is 0 Å². The number of hydrogen-bond donors (Lipinski definition) is 1. The van der Waals surface area contributed by atoms with Crippen molar-refractivity contribution in [3.8, 4) is 0 Å². The fourth-order valence-electron chi connectivity index (χ4n) is 2.08. The summed E-state index contributed by atoms with van der Waals surface area (Å²) in [6.07, 6.45) is 0.178. The maximum absolute atomic E-state index is 13.8. The largest absolute Gasteiger partial charge is 0.379 e. The lowest BCUT2D eigenvalue weighted by Gasteiger charge is -2.19. The van der Waals surface area contributed by atoms with E-state index in [0.29, 0.717) is 16.4 Å². The zero-order valence-corrected chi connectivity index (χ0v) is 12.8. The zero-order valence-electron chi connectivity index (χ0n) is 12.0. The van der Waals surface area contributed by atoms with Crippen LogP contribution in [0.4, 0.5) is 9.52 Å². The van der Waals surface area contributed by atoms with E-state index in [0.717, 1.165) is 5.01 Å². The average Bonchev–Trinajstić information content (AvgIpc) is 3.07. The Labute approximate surface area is 130 Å². The van der Waals surface area contributed by atoms with Gasteiger partial charge in [-0.3, -0.25) is 10.1 Å². The monoisotopic (exact) mass is 320 g/mol. The lowest BCUT2D eigenvalue weighted by Crippen LogP contribution is -2.40. The summed E-state index contributed by atoms with van der Waals surface area (Å²) in [5.41, 5.74) is -0.452. The van der Waals surface area contributed by atoms with E-state index in [9.17, 15) is 9.18 Å². The van der Waals surface area contributed by atoms with Crippen molar-refractivity contribution in [2.24, 2.45) is 5.16 Å². The van der Waals surface area contributed by atoms with Gasteiger partial charge in [-0.1, -0.05) is 34.7 Å². The molecule has 1 aliphatic rings. The summed E-state index contributed by atoms with van der Waals surface area (Å²) in [5.74, 6) is -0.784. The number of aromatic nitrogens is 2. The Morgan fingerprint density at radius 1 is 1.41 bits per heavy atom. The van der Waals surface area contributed by atoms with Crippen LogP contribution in [0, 0.1) is 12.7 Å². The smallest absolute Gasteiger partial charge is 0.273 e. The molecule has 6 nitrogen and oxygen atoms in total. The molecule has 0 spiro atoms. The molecule has 3 rings (SSSR count). The van der Waals surface area contributed by atoms with E-state index in [1.54, 1.807) is 32.0 Å². The van der Waals surface area contributed by atoms with Crippen LogP contribution in [0.15, 0.2) is 29.4 Å². The van der Waals surface area contributed by atoms with Crippen LogP contribution in [0.25, 0.3) is 0 Å². The molecule has 0 aliphatic carbocycles. The molecule has 0 saturated heterocycles. The highest BCUT2D eigenvalue weighted by Gasteiger charge is 2.43. The molecule has 2 aromatic rings. The second-order valence-electron chi connectivity index (χ2n) is 5.10. The molecule has 1 atom stereocenters. The second kappa shape index (κ2) is 5.45. The van der Waals surface area contributed by atoms with Crippen molar-refractivity contribution >= 4 is 28.1 Å². The third kappa shape index (κ3) is 2.69. The third-order valence-corrected chi connectivity index (χ3v) is 4.03.